The van der Waals surface area contributed by atoms with Gasteiger partial charge in [-0.25, -0.2) is 9.59 Å². The van der Waals surface area contributed by atoms with Crippen molar-refractivity contribution in [3.8, 4) is 11.4 Å². The Labute approximate surface area is 458 Å². The fraction of sp³-hybridized carbons (Fsp3) is 0.582. The number of Topliss-reactive ketones (excluding diaryl/α,β-unsaturated/α-hetero) is 2. The third kappa shape index (κ3) is 23.7. The van der Waals surface area contributed by atoms with Crippen LogP contribution in [0.25, 0.3) is 17.1 Å². The Balaban J connectivity index is 0. The number of aromatic nitrogens is 4. The topological polar surface area (TPSA) is 265 Å². The van der Waals surface area contributed by atoms with E-state index in [1.165, 1.54) is 19.0 Å². The van der Waals surface area contributed by atoms with Gasteiger partial charge in [-0.3, -0.25) is 15.0 Å². The summed E-state index contributed by atoms with van der Waals surface area (Å²) in [7, 11) is 2.38. The number of carbonyl (C=O) groups is 4. The number of nitrogens with one attached hydrogen (secondary N) is 4. The molecule has 3 unspecified atom stereocenters. The van der Waals surface area contributed by atoms with Crippen LogP contribution in [0.15, 0.2) is 77.7 Å². The quantitative estimate of drug-likeness (QED) is 0.0463. The minimum atomic E-state index is -0.388. The molecule has 0 spiro atoms. The van der Waals surface area contributed by atoms with Crippen LogP contribution in [0, 0.1) is 5.92 Å². The number of urea groups is 1. The lowest BCUT2D eigenvalue weighted by Gasteiger charge is -2.37. The molecule has 3 amide bonds. The first-order chi connectivity index (χ1) is 34.2. The third-order valence-corrected chi connectivity index (χ3v) is 13.5. The molecule has 9 N–H and O–H groups in total. The molecule has 3 aromatic rings. The Hall–Kier alpha value is -5.25. The second-order valence-corrected chi connectivity index (χ2v) is 18.8. The highest BCUT2D eigenvalue weighted by Gasteiger charge is 2.46. The molecule has 2 aromatic carbocycles. The highest BCUT2D eigenvalue weighted by atomic mass is 32.2. The molecule has 3 heterocycles. The zero-order valence-electron chi connectivity index (χ0n) is 41.2. The van der Waals surface area contributed by atoms with Gasteiger partial charge in [0.05, 0.1) is 42.4 Å². The van der Waals surface area contributed by atoms with E-state index in [1.807, 2.05) is 47.9 Å². The summed E-state index contributed by atoms with van der Waals surface area (Å²) in [5, 5.41) is 36.1. The van der Waals surface area contributed by atoms with Crippen molar-refractivity contribution in [2.75, 3.05) is 51.3 Å². The van der Waals surface area contributed by atoms with E-state index in [9.17, 15) is 19.2 Å². The summed E-state index contributed by atoms with van der Waals surface area (Å²) < 4.78 is 4.71. The number of allylic oxidation sites excluding steroid dienone is 1. The van der Waals surface area contributed by atoms with Crippen LogP contribution in [0.1, 0.15) is 131 Å². The number of amides is 3. The molecule has 20 heteroatoms. The van der Waals surface area contributed by atoms with Crippen LogP contribution in [0.2, 0.25) is 0 Å². The molecular weight excluding hydrogens is 989 g/mol. The van der Waals surface area contributed by atoms with Gasteiger partial charge in [-0.15, -0.1) is 20.4 Å². The number of thioether (sulfide) groups is 2. The number of nitrogens with two attached hydrogens (primary N) is 2. The molecule has 75 heavy (non-hydrogen) atoms. The predicted molar refractivity (Wildman–Crippen MR) is 314 cm³/mol. The summed E-state index contributed by atoms with van der Waals surface area (Å²) in [6, 6.07) is 16.2. The van der Waals surface area contributed by atoms with Crippen molar-refractivity contribution < 1.29 is 29.0 Å². The molecule has 1 saturated carbocycles. The van der Waals surface area contributed by atoms with E-state index >= 15 is 0 Å². The van der Waals surface area contributed by atoms with E-state index in [0.29, 0.717) is 62.0 Å². The van der Waals surface area contributed by atoms with Crippen molar-refractivity contribution in [2.24, 2.45) is 22.5 Å². The van der Waals surface area contributed by atoms with Gasteiger partial charge in [-0.2, -0.15) is 28.6 Å². The number of aliphatic hydroxyl groups excluding tert-OH is 1. The highest BCUT2D eigenvalue weighted by Crippen LogP contribution is 2.38. The molecule has 0 bridgehead atoms. The number of benzene rings is 2. The van der Waals surface area contributed by atoms with Gasteiger partial charge in [0.15, 0.2) is 6.33 Å². The fourth-order valence-corrected chi connectivity index (χ4v) is 9.73. The first kappa shape index (κ1) is 71.8. The molecule has 4 aliphatic rings. The zero-order chi connectivity index (χ0) is 50.5. The molecule has 2 aliphatic carbocycles. The number of hydrogen-bond donors (Lipinski definition) is 7. The molecular formula is C55H94N12O6S2. The van der Waals surface area contributed by atoms with Crippen LogP contribution in [0.3, 0.4) is 0 Å². The Kier molecular flexibility index (Phi) is 39.2. The van der Waals surface area contributed by atoms with Crippen molar-refractivity contribution in [2.45, 2.75) is 151 Å². The van der Waals surface area contributed by atoms with Gasteiger partial charge in [-0.1, -0.05) is 111 Å². The lowest BCUT2D eigenvalue weighted by Crippen LogP contribution is -2.49. The van der Waals surface area contributed by atoms with Crippen molar-refractivity contribution in [3.05, 3.63) is 89.3 Å². The second kappa shape index (κ2) is 41.0. The molecule has 2 fully saturated rings. The SMILES string of the molecule is C.C.C.C.C.CO.COC(=O)N[C@@H]1CCCC/C=C/C1NCCCC(=O)CSC.CSCC(=O)CCCN1C(=O)N[C@@H]2CCCCC3=C(c4ccc(CN)cc4)NN=CC3C21.NCc1ccc(-c2nncnn2)cc1. The number of hydrazone groups is 1. The Morgan fingerprint density at radius 3 is 1.99 bits per heavy atom. The third-order valence-electron chi connectivity index (χ3n) is 12.3. The van der Waals surface area contributed by atoms with Crippen molar-refractivity contribution in [1.29, 1.82) is 0 Å². The normalized spacial score (nSPS) is 19.4. The van der Waals surface area contributed by atoms with E-state index in [4.69, 9.17) is 21.3 Å². The predicted octanol–water partition coefficient (Wildman–Crippen LogP) is 8.80. The van der Waals surface area contributed by atoms with Crippen molar-refractivity contribution in [3.63, 3.8) is 0 Å². The number of carbonyl (C=O) groups excluding carboxylic acids is 4. The number of ketones is 2. The number of rotatable bonds is 18. The Morgan fingerprint density at radius 2 is 1.40 bits per heavy atom. The molecule has 422 valence electrons. The lowest BCUT2D eigenvalue weighted by atomic mass is 9.78. The maximum atomic E-state index is 12.9. The average molecular weight is 1080 g/mol. The second-order valence-electron chi connectivity index (χ2n) is 17.1. The molecule has 7 rings (SSSR count). The lowest BCUT2D eigenvalue weighted by molar-refractivity contribution is -0.117. The number of ether oxygens (including phenoxy) is 1. The largest absolute Gasteiger partial charge is 0.453 e. The van der Waals surface area contributed by atoms with E-state index in [1.54, 1.807) is 23.5 Å². The first-order valence-corrected chi connectivity index (χ1v) is 26.9. The van der Waals surface area contributed by atoms with Gasteiger partial charge in [0, 0.05) is 63.3 Å². The maximum absolute atomic E-state index is 12.9. The van der Waals surface area contributed by atoms with E-state index < -0.39 is 0 Å². The van der Waals surface area contributed by atoms with Crippen LogP contribution in [0.4, 0.5) is 9.59 Å². The standard InChI is InChI=1S/C24H33N5O2S.C16H28N2O3S.C9H9N5.CH4O.5CH4/c1-32-15-18(30)5-4-12-29-23-20-14-26-28-22(17-10-8-16(13-25)9-11-17)19(20)6-2-3-7-21(23)27-24(29)31;1-21-16(20)18-15-10-6-4-3-5-9-14(15)17-11-7-8-13(19)12-22-2;10-5-7-1-3-8(4-2-7)9-13-11-6-12-14-9;1-2;;;;;/h8-11,14,20-21,23,28H,2-7,12-13,15,25H2,1H3,(H,27,31);5,9,14-15,17H,3-4,6-8,10-12H2,1-2H3,(H,18,20);1-4,6H,5,10H2;2H,1H3;5*1H4/b;9-5+;;;;;;;/t20?,21-,23?;14?,15-;;;;;;;/m11......./s1. The van der Waals surface area contributed by atoms with Gasteiger partial charge in [0.2, 0.25) is 5.82 Å². The van der Waals surface area contributed by atoms with Gasteiger partial charge >= 0.3 is 12.1 Å². The summed E-state index contributed by atoms with van der Waals surface area (Å²) in [5.74, 6) is 2.27. The molecule has 5 atom stereocenters. The van der Waals surface area contributed by atoms with Crippen LogP contribution in [-0.2, 0) is 27.4 Å². The summed E-state index contributed by atoms with van der Waals surface area (Å²) in [6.07, 6.45) is 22.1. The number of nitrogens with zero attached hydrogens (tertiary/aromatic N) is 6. The molecule has 18 nitrogen and oxygen atoms in total. The minimum Gasteiger partial charge on any atom is -0.453 e. The monoisotopic (exact) mass is 1080 g/mol. The summed E-state index contributed by atoms with van der Waals surface area (Å²) >= 11 is 3.12. The number of alkyl carbamates (subject to hydrolysis) is 1. The van der Waals surface area contributed by atoms with E-state index in [2.05, 4.69) is 83.3 Å². The smallest absolute Gasteiger partial charge is 0.407 e. The number of aliphatic hydroxyl groups is 1. The minimum absolute atomic E-state index is 0. The van der Waals surface area contributed by atoms with Gasteiger partial charge in [0.1, 0.15) is 11.6 Å². The fourth-order valence-electron chi connectivity index (χ4n) is 8.79. The molecule has 2 aliphatic heterocycles. The number of fused-ring (bicyclic) bond motifs is 3. The molecule has 1 aromatic heterocycles. The summed E-state index contributed by atoms with van der Waals surface area (Å²) in [4.78, 5) is 49.8. The average Bonchev–Trinajstić information content (AvgIpc) is 3.69. The summed E-state index contributed by atoms with van der Waals surface area (Å²) in [6.45, 7) is 2.42. The van der Waals surface area contributed by atoms with E-state index in [-0.39, 0.29) is 85.1 Å². The zero-order valence-corrected chi connectivity index (χ0v) is 42.8. The Bertz CT molecular complexity index is 2130. The highest BCUT2D eigenvalue weighted by molar-refractivity contribution is 7.99. The van der Waals surface area contributed by atoms with Crippen molar-refractivity contribution in [1.82, 2.24) is 46.7 Å². The summed E-state index contributed by atoms with van der Waals surface area (Å²) in [5.41, 5.74) is 21.0. The molecule has 1 saturated heterocycles. The van der Waals surface area contributed by atoms with Crippen LogP contribution < -0.4 is 32.8 Å². The molecule has 0 radical (unpaired) electrons. The van der Waals surface area contributed by atoms with Crippen LogP contribution >= 0.6 is 23.5 Å². The van der Waals surface area contributed by atoms with Gasteiger partial charge < -0.3 is 42.2 Å². The van der Waals surface area contributed by atoms with Gasteiger partial charge in [-0.05, 0) is 92.7 Å². The van der Waals surface area contributed by atoms with Crippen LogP contribution in [0.5, 0.6) is 0 Å². The van der Waals surface area contributed by atoms with Gasteiger partial charge in [0.25, 0.3) is 0 Å². The van der Waals surface area contributed by atoms with E-state index in [0.717, 1.165) is 99.4 Å². The van der Waals surface area contributed by atoms with Crippen LogP contribution in [-0.4, -0.2) is 136 Å². The number of hydrogen-bond acceptors (Lipinski definition) is 17. The first-order valence-electron chi connectivity index (χ1n) is 24.1. The maximum Gasteiger partial charge on any atom is 0.407 e. The number of methoxy groups -OCH3 is 1. The van der Waals surface area contributed by atoms with Crippen molar-refractivity contribution >= 4 is 59.1 Å². The Morgan fingerprint density at radius 1 is 0.813 bits per heavy atom.